The summed E-state index contributed by atoms with van der Waals surface area (Å²) in [6, 6.07) is 8.92. The molecule has 1 saturated heterocycles. The van der Waals surface area contributed by atoms with Crippen molar-refractivity contribution in [2.45, 2.75) is 113 Å². The first kappa shape index (κ1) is 29.8. The molecule has 3 saturated carbocycles. The molecule has 1 aromatic carbocycles. The number of fused-ring (bicyclic) bond motifs is 4. The second kappa shape index (κ2) is 10.2. The molecule has 4 fully saturated rings. The number of hydrogen-bond donors (Lipinski definition) is 2. The Kier molecular flexibility index (Phi) is 7.38. The van der Waals surface area contributed by atoms with Crippen molar-refractivity contribution in [1.29, 1.82) is 0 Å². The van der Waals surface area contributed by atoms with Crippen LogP contribution in [-0.2, 0) is 20.3 Å². The van der Waals surface area contributed by atoms with Gasteiger partial charge in [0.05, 0.1) is 24.4 Å². The molecule has 5 aliphatic rings. The molecule has 6 rings (SSSR count). The van der Waals surface area contributed by atoms with E-state index in [1.54, 1.807) is 0 Å². The second-order valence-electron chi connectivity index (χ2n) is 15.1. The van der Waals surface area contributed by atoms with E-state index in [4.69, 9.17) is 9.47 Å². The molecule has 0 amide bonds. The minimum absolute atomic E-state index is 0.136. The maximum Gasteiger partial charge on any atom is 0.171 e. The third-order valence-corrected chi connectivity index (χ3v) is 13.7. The van der Waals surface area contributed by atoms with Crippen molar-refractivity contribution in [3.8, 4) is 0 Å². The highest BCUT2D eigenvalue weighted by Gasteiger charge is 2.64. The molecule has 6 nitrogen and oxygen atoms in total. The lowest BCUT2D eigenvalue weighted by atomic mass is 9.49. The fraction of sp³-hybridized carbons (Fsp3) is 0.765. The van der Waals surface area contributed by atoms with Crippen LogP contribution < -0.4 is 4.90 Å². The second-order valence-corrected chi connectivity index (χ2v) is 17.5. The summed E-state index contributed by atoms with van der Waals surface area (Å²) >= 11 is 0. The first-order chi connectivity index (χ1) is 19.2. The zero-order valence-electron chi connectivity index (χ0n) is 26.0. The van der Waals surface area contributed by atoms with Gasteiger partial charge in [-0.15, -0.1) is 0 Å². The summed E-state index contributed by atoms with van der Waals surface area (Å²) in [5.74, 6) is 0.717. The lowest BCUT2D eigenvalue weighted by Gasteiger charge is -2.57. The number of aliphatic hydroxyl groups is 2. The number of allylic oxidation sites excluding steroid dienone is 1. The lowest BCUT2D eigenvalue weighted by molar-refractivity contribution is -0.208. The van der Waals surface area contributed by atoms with Crippen LogP contribution in [0.5, 0.6) is 0 Å². The SMILES string of the molecule is CN(C)c1ccc([C@H]2C[C@@]3(C)[C@@H](CC[C@@]3(O)CCS(=O)C(C)(C)C)[C@@H]3CC[C@@]4(O)CC5(CCC4=C32)OCCO5)cc1. The molecular weight excluding hydrogens is 534 g/mol. The highest BCUT2D eigenvalue weighted by molar-refractivity contribution is 7.86. The van der Waals surface area contributed by atoms with Crippen LogP contribution in [0, 0.1) is 17.3 Å². The fourth-order valence-corrected chi connectivity index (χ4v) is 10.5. The highest BCUT2D eigenvalue weighted by atomic mass is 32.2. The van der Waals surface area contributed by atoms with E-state index in [1.165, 1.54) is 22.4 Å². The van der Waals surface area contributed by atoms with Crippen LogP contribution in [0.4, 0.5) is 5.69 Å². The van der Waals surface area contributed by atoms with Crippen LogP contribution in [0.3, 0.4) is 0 Å². The standard InChI is InChI=1S/C34H51NO5S/c1-30(2,3)41(38)20-17-33(37)15-12-27-25-11-14-32(36)22-34(39-18-19-40-34)16-13-28(32)29(25)26(21-31(27,33)4)23-7-9-24(10-8-23)35(5)6/h7-10,25-27,36-37H,11-22H2,1-6H3/t25-,26+,27-,31-,32+,33+,41?/m0/s1. The average Bonchev–Trinajstić information content (AvgIpc) is 3.47. The Hall–Kier alpha value is -1.25. The minimum atomic E-state index is -0.996. The molecule has 4 aliphatic carbocycles. The van der Waals surface area contributed by atoms with Gasteiger partial charge in [0, 0.05) is 65.3 Å². The maximum absolute atomic E-state index is 13.1. The van der Waals surface area contributed by atoms with Crippen molar-refractivity contribution in [3.63, 3.8) is 0 Å². The first-order valence-electron chi connectivity index (χ1n) is 15.8. The van der Waals surface area contributed by atoms with E-state index < -0.39 is 27.8 Å². The van der Waals surface area contributed by atoms with E-state index in [0.29, 0.717) is 43.6 Å². The van der Waals surface area contributed by atoms with Crippen molar-refractivity contribution in [2.24, 2.45) is 17.3 Å². The molecule has 7 heteroatoms. The van der Waals surface area contributed by atoms with E-state index in [0.717, 1.165) is 44.9 Å². The molecule has 1 spiro atoms. The Morgan fingerprint density at radius 1 is 1.02 bits per heavy atom. The summed E-state index contributed by atoms with van der Waals surface area (Å²) in [5.41, 5.74) is 3.08. The molecule has 228 valence electrons. The maximum atomic E-state index is 13.1. The lowest BCUT2D eigenvalue weighted by Crippen LogP contribution is -2.55. The van der Waals surface area contributed by atoms with Crippen LogP contribution >= 0.6 is 0 Å². The number of anilines is 1. The highest BCUT2D eigenvalue weighted by Crippen LogP contribution is 2.68. The zero-order valence-corrected chi connectivity index (χ0v) is 26.8. The Morgan fingerprint density at radius 2 is 1.71 bits per heavy atom. The molecular formula is C34H51NO5S. The normalized spacial score (nSPS) is 38.9. The summed E-state index contributed by atoms with van der Waals surface area (Å²) < 4.78 is 25.0. The molecule has 2 N–H and O–H groups in total. The molecule has 0 aromatic heterocycles. The summed E-state index contributed by atoms with van der Waals surface area (Å²) in [6.45, 7) is 9.60. The molecule has 1 aromatic rings. The quantitative estimate of drug-likeness (QED) is 0.433. The summed E-state index contributed by atoms with van der Waals surface area (Å²) in [5, 5.41) is 24.7. The van der Waals surface area contributed by atoms with Crippen molar-refractivity contribution in [1.82, 2.24) is 0 Å². The molecule has 41 heavy (non-hydrogen) atoms. The monoisotopic (exact) mass is 585 g/mol. The Labute approximate surface area is 249 Å². The molecule has 1 unspecified atom stereocenters. The van der Waals surface area contributed by atoms with Crippen molar-refractivity contribution in [3.05, 3.63) is 41.0 Å². The third-order valence-electron chi connectivity index (χ3n) is 11.7. The van der Waals surface area contributed by atoms with Gasteiger partial charge in [0.1, 0.15) is 0 Å². The predicted octanol–water partition coefficient (Wildman–Crippen LogP) is 5.69. The average molecular weight is 586 g/mol. The van der Waals surface area contributed by atoms with Gasteiger partial charge >= 0.3 is 0 Å². The van der Waals surface area contributed by atoms with Gasteiger partial charge in [-0.3, -0.25) is 4.21 Å². The van der Waals surface area contributed by atoms with E-state index >= 15 is 0 Å². The number of ether oxygens (including phenoxy) is 2. The van der Waals surface area contributed by atoms with Crippen molar-refractivity contribution >= 4 is 16.5 Å². The summed E-state index contributed by atoms with van der Waals surface area (Å²) in [6.07, 6.45) is 6.91. The molecule has 7 atom stereocenters. The number of benzene rings is 1. The number of hydrogen-bond acceptors (Lipinski definition) is 6. The summed E-state index contributed by atoms with van der Waals surface area (Å²) in [7, 11) is 3.13. The van der Waals surface area contributed by atoms with Gasteiger partial charge in [-0.1, -0.05) is 24.6 Å². The first-order valence-corrected chi connectivity index (χ1v) is 17.1. The van der Waals surface area contributed by atoms with Crippen LogP contribution in [-0.4, -0.2) is 69.2 Å². The Balaban J connectivity index is 1.41. The smallest absolute Gasteiger partial charge is 0.171 e. The van der Waals surface area contributed by atoms with Gasteiger partial charge in [-0.05, 0) is 101 Å². The zero-order chi connectivity index (χ0) is 29.4. The topological polar surface area (TPSA) is 79.2 Å². The minimum Gasteiger partial charge on any atom is -0.389 e. The molecule has 1 heterocycles. The molecule has 0 radical (unpaired) electrons. The van der Waals surface area contributed by atoms with Crippen LogP contribution in [0.25, 0.3) is 0 Å². The van der Waals surface area contributed by atoms with Crippen molar-refractivity contribution in [2.75, 3.05) is 38.0 Å². The van der Waals surface area contributed by atoms with Gasteiger partial charge in [0.25, 0.3) is 0 Å². The van der Waals surface area contributed by atoms with E-state index in [1.807, 2.05) is 20.8 Å². The predicted molar refractivity (Wildman–Crippen MR) is 164 cm³/mol. The summed E-state index contributed by atoms with van der Waals surface area (Å²) in [4.78, 5) is 2.12. The fourth-order valence-electron chi connectivity index (χ4n) is 9.39. The van der Waals surface area contributed by atoms with Crippen LogP contribution in [0.15, 0.2) is 35.4 Å². The largest absolute Gasteiger partial charge is 0.389 e. The van der Waals surface area contributed by atoms with E-state index in [-0.39, 0.29) is 16.1 Å². The number of nitrogens with zero attached hydrogens (tertiary/aromatic N) is 1. The van der Waals surface area contributed by atoms with Gasteiger partial charge in [-0.2, -0.15) is 0 Å². The third kappa shape index (κ3) is 4.86. The Morgan fingerprint density at radius 3 is 2.34 bits per heavy atom. The van der Waals surface area contributed by atoms with Gasteiger partial charge < -0.3 is 24.6 Å². The Bertz CT molecular complexity index is 1210. The van der Waals surface area contributed by atoms with Crippen LogP contribution in [0.1, 0.15) is 97.0 Å². The van der Waals surface area contributed by atoms with E-state index in [9.17, 15) is 14.4 Å². The molecule has 1 aliphatic heterocycles. The van der Waals surface area contributed by atoms with Crippen molar-refractivity contribution < 1.29 is 23.9 Å². The number of rotatable bonds is 5. The van der Waals surface area contributed by atoms with Gasteiger partial charge in [0.15, 0.2) is 5.79 Å². The van der Waals surface area contributed by atoms with Gasteiger partial charge in [0.2, 0.25) is 0 Å². The van der Waals surface area contributed by atoms with Crippen LogP contribution in [0.2, 0.25) is 0 Å². The van der Waals surface area contributed by atoms with E-state index in [2.05, 4.69) is 50.2 Å². The van der Waals surface area contributed by atoms with Gasteiger partial charge in [-0.25, -0.2) is 0 Å². The molecule has 0 bridgehead atoms.